The zero-order valence-corrected chi connectivity index (χ0v) is 17.2. The SMILES string of the molecule is CN(CC[C@@]1(C)c2cccc(O)c2CCC1(C)C)C(=O)N1CCC(CO)C1. The van der Waals surface area contributed by atoms with Gasteiger partial charge in [-0.15, -0.1) is 0 Å². The molecule has 150 valence electrons. The van der Waals surface area contributed by atoms with Crippen LogP contribution >= 0.6 is 0 Å². The number of nitrogens with zero attached hydrogens (tertiary/aromatic N) is 2. The maximum absolute atomic E-state index is 12.8. The van der Waals surface area contributed by atoms with Crippen LogP contribution in [0.5, 0.6) is 5.75 Å². The number of aromatic hydroxyl groups is 1. The van der Waals surface area contributed by atoms with E-state index in [1.807, 2.05) is 22.9 Å². The summed E-state index contributed by atoms with van der Waals surface area (Å²) in [6, 6.07) is 5.91. The highest BCUT2D eigenvalue weighted by Crippen LogP contribution is 2.53. The lowest BCUT2D eigenvalue weighted by molar-refractivity contribution is 0.117. The second-order valence-electron chi connectivity index (χ2n) is 9.26. The molecule has 1 aromatic rings. The molecule has 5 nitrogen and oxygen atoms in total. The summed E-state index contributed by atoms with van der Waals surface area (Å²) < 4.78 is 0. The topological polar surface area (TPSA) is 64.0 Å². The Balaban J connectivity index is 1.74. The molecule has 1 aromatic carbocycles. The Hall–Kier alpha value is -1.75. The Labute approximate surface area is 163 Å². The lowest BCUT2D eigenvalue weighted by atomic mass is 9.55. The van der Waals surface area contributed by atoms with Crippen LogP contribution in [0.1, 0.15) is 51.2 Å². The maximum Gasteiger partial charge on any atom is 0.319 e. The predicted octanol–water partition coefficient (Wildman–Crippen LogP) is 3.38. The van der Waals surface area contributed by atoms with E-state index in [9.17, 15) is 15.0 Å². The van der Waals surface area contributed by atoms with Crippen molar-refractivity contribution in [1.29, 1.82) is 0 Å². The number of likely N-dealkylation sites (tertiary alicyclic amines) is 1. The quantitative estimate of drug-likeness (QED) is 0.849. The average Bonchev–Trinajstić information content (AvgIpc) is 3.12. The fourth-order valence-electron chi connectivity index (χ4n) is 4.79. The number of phenolic OH excluding ortho intramolecular Hbond substituents is 1. The summed E-state index contributed by atoms with van der Waals surface area (Å²) in [5.41, 5.74) is 2.28. The molecule has 1 fully saturated rings. The third-order valence-corrected chi connectivity index (χ3v) is 7.33. The highest BCUT2D eigenvalue weighted by atomic mass is 16.3. The van der Waals surface area contributed by atoms with Crippen LogP contribution in [0.3, 0.4) is 0 Å². The summed E-state index contributed by atoms with van der Waals surface area (Å²) in [6.07, 6.45) is 3.66. The first kappa shape index (κ1) is 20.0. The van der Waals surface area contributed by atoms with Crippen molar-refractivity contribution >= 4 is 6.03 Å². The van der Waals surface area contributed by atoms with E-state index in [1.165, 1.54) is 5.56 Å². The van der Waals surface area contributed by atoms with E-state index in [0.717, 1.165) is 37.8 Å². The van der Waals surface area contributed by atoms with Crippen molar-refractivity contribution in [3.63, 3.8) is 0 Å². The number of carbonyl (C=O) groups excluding carboxylic acids is 1. The number of rotatable bonds is 4. The van der Waals surface area contributed by atoms with Crippen molar-refractivity contribution in [2.75, 3.05) is 33.3 Å². The molecular weight excluding hydrogens is 340 g/mol. The van der Waals surface area contributed by atoms with Crippen LogP contribution in [-0.4, -0.2) is 59.3 Å². The third-order valence-electron chi connectivity index (χ3n) is 7.33. The number of hydrogen-bond acceptors (Lipinski definition) is 3. The highest BCUT2D eigenvalue weighted by Gasteiger charge is 2.46. The van der Waals surface area contributed by atoms with Gasteiger partial charge >= 0.3 is 6.03 Å². The standard InChI is InChI=1S/C22H34N2O3/c1-21(2)10-8-17-18(6-5-7-19(17)26)22(21,3)11-13-23(4)20(27)24-12-9-16(14-24)15-25/h5-7,16,25-26H,8-15H2,1-4H3/t16?,22-/m0/s1. The number of aliphatic hydroxyl groups excluding tert-OH is 1. The molecule has 27 heavy (non-hydrogen) atoms. The van der Waals surface area contributed by atoms with Gasteiger partial charge in [0.05, 0.1) is 0 Å². The Morgan fingerprint density at radius 3 is 2.74 bits per heavy atom. The lowest BCUT2D eigenvalue weighted by Crippen LogP contribution is -2.47. The Bertz CT molecular complexity index is 703. The van der Waals surface area contributed by atoms with Gasteiger partial charge in [-0.2, -0.15) is 0 Å². The van der Waals surface area contributed by atoms with Gasteiger partial charge in [0.25, 0.3) is 0 Å². The van der Waals surface area contributed by atoms with Crippen LogP contribution in [0, 0.1) is 11.3 Å². The first-order valence-corrected chi connectivity index (χ1v) is 10.1. The van der Waals surface area contributed by atoms with Gasteiger partial charge in [-0.05, 0) is 53.7 Å². The normalized spacial score (nSPS) is 26.7. The van der Waals surface area contributed by atoms with Gasteiger partial charge in [-0.1, -0.05) is 32.9 Å². The molecule has 1 heterocycles. The van der Waals surface area contributed by atoms with Crippen LogP contribution < -0.4 is 0 Å². The van der Waals surface area contributed by atoms with Gasteiger partial charge in [-0.25, -0.2) is 4.79 Å². The third kappa shape index (κ3) is 3.54. The molecule has 1 saturated heterocycles. The Morgan fingerprint density at radius 2 is 2.07 bits per heavy atom. The van der Waals surface area contributed by atoms with E-state index in [4.69, 9.17) is 0 Å². The van der Waals surface area contributed by atoms with E-state index in [-0.39, 0.29) is 29.4 Å². The van der Waals surface area contributed by atoms with Gasteiger partial charge in [-0.3, -0.25) is 0 Å². The van der Waals surface area contributed by atoms with Gasteiger partial charge in [0.2, 0.25) is 0 Å². The van der Waals surface area contributed by atoms with E-state index < -0.39 is 0 Å². The van der Waals surface area contributed by atoms with Crippen molar-refractivity contribution in [3.8, 4) is 5.75 Å². The zero-order valence-electron chi connectivity index (χ0n) is 17.2. The molecule has 3 rings (SSSR count). The number of phenols is 1. The van der Waals surface area contributed by atoms with Crippen LogP contribution in [-0.2, 0) is 11.8 Å². The maximum atomic E-state index is 12.8. The van der Waals surface area contributed by atoms with Gasteiger partial charge in [0.1, 0.15) is 5.75 Å². The fraction of sp³-hybridized carbons (Fsp3) is 0.682. The van der Waals surface area contributed by atoms with E-state index in [2.05, 4.69) is 26.8 Å². The molecule has 1 aliphatic heterocycles. The van der Waals surface area contributed by atoms with Crippen LogP contribution in [0.15, 0.2) is 18.2 Å². The number of benzene rings is 1. The van der Waals surface area contributed by atoms with E-state index in [0.29, 0.717) is 18.8 Å². The number of amides is 2. The lowest BCUT2D eigenvalue weighted by Gasteiger charge is -2.50. The molecule has 2 N–H and O–H groups in total. The van der Waals surface area contributed by atoms with Crippen LogP contribution in [0.4, 0.5) is 4.79 Å². The molecular formula is C22H34N2O3. The first-order valence-electron chi connectivity index (χ1n) is 10.1. The van der Waals surface area contributed by atoms with Gasteiger partial charge < -0.3 is 20.0 Å². The van der Waals surface area contributed by atoms with Gasteiger partial charge in [0, 0.05) is 39.2 Å². The molecule has 1 aliphatic carbocycles. The molecule has 5 heteroatoms. The van der Waals surface area contributed by atoms with Crippen LogP contribution in [0.25, 0.3) is 0 Å². The minimum atomic E-state index is -0.105. The summed E-state index contributed by atoms with van der Waals surface area (Å²) in [7, 11) is 1.87. The average molecular weight is 375 g/mol. The van der Waals surface area contributed by atoms with Crippen molar-refractivity contribution in [2.45, 2.75) is 51.9 Å². The van der Waals surface area contributed by atoms with Crippen molar-refractivity contribution in [1.82, 2.24) is 9.80 Å². The second-order valence-corrected chi connectivity index (χ2v) is 9.26. The fourth-order valence-corrected chi connectivity index (χ4v) is 4.79. The molecule has 2 aliphatic rings. The molecule has 0 aromatic heterocycles. The summed E-state index contributed by atoms with van der Waals surface area (Å²) in [5, 5.41) is 19.6. The number of hydrogen-bond donors (Lipinski definition) is 2. The van der Waals surface area contributed by atoms with Crippen molar-refractivity contribution < 1.29 is 15.0 Å². The Morgan fingerprint density at radius 1 is 1.33 bits per heavy atom. The summed E-state index contributed by atoms with van der Waals surface area (Å²) >= 11 is 0. The van der Waals surface area contributed by atoms with E-state index >= 15 is 0 Å². The number of urea groups is 1. The predicted molar refractivity (Wildman–Crippen MR) is 107 cm³/mol. The van der Waals surface area contributed by atoms with Crippen molar-refractivity contribution in [3.05, 3.63) is 29.3 Å². The molecule has 0 radical (unpaired) electrons. The summed E-state index contributed by atoms with van der Waals surface area (Å²) in [4.78, 5) is 16.4. The van der Waals surface area contributed by atoms with Crippen molar-refractivity contribution in [2.24, 2.45) is 11.3 Å². The molecule has 2 amide bonds. The zero-order chi connectivity index (χ0) is 19.8. The number of fused-ring (bicyclic) bond motifs is 1. The monoisotopic (exact) mass is 374 g/mol. The second kappa shape index (κ2) is 7.34. The first-order chi connectivity index (χ1) is 12.7. The molecule has 0 saturated carbocycles. The van der Waals surface area contributed by atoms with Crippen LogP contribution in [0.2, 0.25) is 0 Å². The molecule has 2 atom stereocenters. The molecule has 1 unspecified atom stereocenters. The molecule has 0 bridgehead atoms. The minimum Gasteiger partial charge on any atom is -0.508 e. The highest BCUT2D eigenvalue weighted by molar-refractivity contribution is 5.74. The smallest absolute Gasteiger partial charge is 0.319 e. The van der Waals surface area contributed by atoms with Gasteiger partial charge in [0.15, 0.2) is 0 Å². The number of carbonyl (C=O) groups is 1. The number of aliphatic hydroxyl groups is 1. The molecule has 0 spiro atoms. The summed E-state index contributed by atoms with van der Waals surface area (Å²) in [6.45, 7) is 9.09. The minimum absolute atomic E-state index is 0.0549. The van der Waals surface area contributed by atoms with E-state index in [1.54, 1.807) is 6.07 Å². The summed E-state index contributed by atoms with van der Waals surface area (Å²) in [5.74, 6) is 0.609. The largest absolute Gasteiger partial charge is 0.508 e. The Kier molecular flexibility index (Phi) is 5.44.